The molecule has 0 atom stereocenters. The summed E-state index contributed by atoms with van der Waals surface area (Å²) in [6.45, 7) is 2.66. The number of rotatable bonds is 9. The molecule has 4 aromatic rings. The Morgan fingerprint density at radius 1 is 0.949 bits per heavy atom. The van der Waals surface area contributed by atoms with Crippen LogP contribution in [-0.4, -0.2) is 36.3 Å². The van der Waals surface area contributed by atoms with Crippen LogP contribution in [0.4, 0.5) is 4.79 Å². The van der Waals surface area contributed by atoms with Gasteiger partial charge in [0, 0.05) is 0 Å². The monoisotopic (exact) mass is 559 g/mol. The molecule has 0 aromatic heterocycles. The lowest BCUT2D eigenvalue weighted by atomic mass is 10.1. The maximum atomic E-state index is 13.0. The molecule has 39 heavy (non-hydrogen) atoms. The highest BCUT2D eigenvalue weighted by atomic mass is 35.5. The molecule has 4 aromatic carbocycles. The van der Waals surface area contributed by atoms with Crippen LogP contribution in [0.2, 0.25) is 5.02 Å². The van der Waals surface area contributed by atoms with Crippen molar-refractivity contribution in [2.45, 2.75) is 13.5 Å². The molecule has 1 heterocycles. The Bertz CT molecular complexity index is 1560. The van der Waals surface area contributed by atoms with Gasteiger partial charge in [-0.3, -0.25) is 14.5 Å². The summed E-state index contributed by atoms with van der Waals surface area (Å²) in [7, 11) is 1.53. The molecule has 2 amide bonds. The molecule has 0 bridgehead atoms. The van der Waals surface area contributed by atoms with Gasteiger partial charge in [-0.15, -0.1) is 0 Å². The van der Waals surface area contributed by atoms with Crippen LogP contribution in [0.1, 0.15) is 16.7 Å². The Hall–Kier alpha value is -3.94. The lowest BCUT2D eigenvalue weighted by Gasteiger charge is -2.15. The number of amides is 2. The number of carbonyl (C=O) groups excluding carboxylic acids is 2. The van der Waals surface area contributed by atoms with E-state index in [9.17, 15) is 9.59 Å². The van der Waals surface area contributed by atoms with Crippen LogP contribution in [-0.2, 0) is 11.4 Å². The number of fused-ring (bicyclic) bond motifs is 1. The maximum Gasteiger partial charge on any atom is 0.293 e. The molecular weight excluding hydrogens is 534 g/mol. The van der Waals surface area contributed by atoms with E-state index < -0.39 is 0 Å². The van der Waals surface area contributed by atoms with E-state index in [1.54, 1.807) is 18.2 Å². The second-order valence-corrected chi connectivity index (χ2v) is 10.4. The first-order chi connectivity index (χ1) is 18.9. The van der Waals surface area contributed by atoms with E-state index in [-0.39, 0.29) is 24.3 Å². The zero-order valence-electron chi connectivity index (χ0n) is 21.5. The first-order valence-electron chi connectivity index (χ1n) is 12.3. The van der Waals surface area contributed by atoms with Gasteiger partial charge < -0.3 is 14.2 Å². The average molecular weight is 560 g/mol. The molecule has 0 unspecified atom stereocenters. The van der Waals surface area contributed by atoms with Crippen molar-refractivity contribution in [3.8, 4) is 17.2 Å². The summed E-state index contributed by atoms with van der Waals surface area (Å²) in [5.74, 6) is 1.15. The number of carbonyl (C=O) groups is 2. The number of aryl methyl sites for hydroxylation is 1. The summed E-state index contributed by atoms with van der Waals surface area (Å²) >= 11 is 7.48. The van der Waals surface area contributed by atoms with Crippen LogP contribution < -0.4 is 14.2 Å². The molecule has 0 spiro atoms. The average Bonchev–Trinajstić information content (AvgIpc) is 3.20. The molecule has 198 valence electrons. The molecule has 0 saturated carbocycles. The van der Waals surface area contributed by atoms with Crippen molar-refractivity contribution < 1.29 is 23.8 Å². The van der Waals surface area contributed by atoms with E-state index in [0.717, 1.165) is 33.7 Å². The third kappa shape index (κ3) is 6.05. The number of methoxy groups -OCH3 is 1. The van der Waals surface area contributed by atoms with Gasteiger partial charge in [0.1, 0.15) is 19.0 Å². The lowest BCUT2D eigenvalue weighted by Crippen LogP contribution is -2.32. The number of halogens is 1. The minimum absolute atomic E-state index is 0.154. The zero-order valence-corrected chi connectivity index (χ0v) is 23.1. The number of thioether (sulfide) groups is 1. The molecule has 8 heteroatoms. The largest absolute Gasteiger partial charge is 0.493 e. The van der Waals surface area contributed by atoms with Crippen molar-refractivity contribution >= 4 is 51.4 Å². The predicted molar refractivity (Wildman–Crippen MR) is 156 cm³/mol. The Balaban J connectivity index is 1.28. The van der Waals surface area contributed by atoms with E-state index in [1.807, 2.05) is 55.5 Å². The summed E-state index contributed by atoms with van der Waals surface area (Å²) in [4.78, 5) is 27.0. The normalized spacial score (nSPS) is 14.3. The highest BCUT2D eigenvalue weighted by molar-refractivity contribution is 8.18. The van der Waals surface area contributed by atoms with Crippen molar-refractivity contribution in [1.29, 1.82) is 0 Å². The van der Waals surface area contributed by atoms with E-state index >= 15 is 0 Å². The fraction of sp³-hybridized carbons (Fsp3) is 0.161. The van der Waals surface area contributed by atoms with E-state index in [0.29, 0.717) is 39.3 Å². The molecule has 5 rings (SSSR count). The van der Waals surface area contributed by atoms with Crippen molar-refractivity contribution in [3.05, 3.63) is 105 Å². The topological polar surface area (TPSA) is 65.1 Å². The SMILES string of the molecule is COc1cc(/C=C2\SC(=O)N(CCOc3ccc(C)cc3)C2=O)cc(Cl)c1OCc1cccc2ccccc12. The van der Waals surface area contributed by atoms with Crippen molar-refractivity contribution in [1.82, 2.24) is 4.90 Å². The number of hydrogen-bond acceptors (Lipinski definition) is 6. The zero-order chi connectivity index (χ0) is 27.4. The van der Waals surface area contributed by atoms with Crippen molar-refractivity contribution in [3.63, 3.8) is 0 Å². The molecule has 1 fully saturated rings. The predicted octanol–water partition coefficient (Wildman–Crippen LogP) is 7.50. The Kier molecular flexibility index (Phi) is 8.10. The summed E-state index contributed by atoms with van der Waals surface area (Å²) in [6, 6.07) is 25.2. The summed E-state index contributed by atoms with van der Waals surface area (Å²) in [5, 5.41) is 2.23. The van der Waals surface area contributed by atoms with Crippen LogP contribution in [0.5, 0.6) is 17.2 Å². The van der Waals surface area contributed by atoms with Crippen LogP contribution >= 0.6 is 23.4 Å². The minimum Gasteiger partial charge on any atom is -0.493 e. The highest BCUT2D eigenvalue weighted by Crippen LogP contribution is 2.39. The van der Waals surface area contributed by atoms with Gasteiger partial charge in [0.15, 0.2) is 11.5 Å². The first kappa shape index (κ1) is 26.7. The standard InChI is InChI=1S/C31H26ClNO5S/c1-20-10-12-24(13-11-20)37-15-14-33-30(34)28(39-31(33)35)18-21-16-26(32)29(27(17-21)36-2)38-19-23-8-5-7-22-6-3-4-9-25(22)23/h3-13,16-18H,14-15,19H2,1-2H3/b28-18-. The Morgan fingerprint density at radius 3 is 2.51 bits per heavy atom. The number of imide groups is 1. The van der Waals surface area contributed by atoms with Crippen LogP contribution in [0, 0.1) is 6.92 Å². The molecular formula is C31H26ClNO5S. The Labute approximate surface area is 236 Å². The lowest BCUT2D eigenvalue weighted by molar-refractivity contribution is -0.123. The molecule has 1 saturated heterocycles. The molecule has 0 N–H and O–H groups in total. The third-order valence-electron chi connectivity index (χ3n) is 6.28. The molecule has 6 nitrogen and oxygen atoms in total. The fourth-order valence-corrected chi connectivity index (χ4v) is 5.40. The van der Waals surface area contributed by atoms with Gasteiger partial charge in [-0.2, -0.15) is 0 Å². The maximum absolute atomic E-state index is 13.0. The van der Waals surface area contributed by atoms with Gasteiger partial charge >= 0.3 is 0 Å². The molecule has 0 aliphatic carbocycles. The van der Waals surface area contributed by atoms with E-state index in [4.69, 9.17) is 25.8 Å². The molecule has 0 radical (unpaired) electrons. The van der Waals surface area contributed by atoms with Gasteiger partial charge in [0.2, 0.25) is 0 Å². The number of hydrogen-bond donors (Lipinski definition) is 0. The third-order valence-corrected chi connectivity index (χ3v) is 7.47. The van der Waals surface area contributed by atoms with Crippen LogP contribution in [0.25, 0.3) is 16.8 Å². The van der Waals surface area contributed by atoms with Gasteiger partial charge in [-0.05, 0) is 70.9 Å². The quantitative estimate of drug-likeness (QED) is 0.198. The first-order valence-corrected chi connectivity index (χ1v) is 13.5. The van der Waals surface area contributed by atoms with E-state index in [2.05, 4.69) is 18.2 Å². The number of ether oxygens (including phenoxy) is 3. The van der Waals surface area contributed by atoms with Crippen LogP contribution in [0.3, 0.4) is 0 Å². The number of benzene rings is 4. The summed E-state index contributed by atoms with van der Waals surface area (Å²) < 4.78 is 17.3. The van der Waals surface area contributed by atoms with Gasteiger partial charge in [-0.1, -0.05) is 71.8 Å². The second kappa shape index (κ2) is 11.8. The number of nitrogens with zero attached hydrogens (tertiary/aromatic N) is 1. The summed E-state index contributed by atoms with van der Waals surface area (Å²) in [6.07, 6.45) is 1.63. The van der Waals surface area contributed by atoms with Gasteiger partial charge in [0.05, 0.1) is 23.6 Å². The molecule has 1 aliphatic rings. The fourth-order valence-electron chi connectivity index (χ4n) is 4.26. The van der Waals surface area contributed by atoms with Crippen LogP contribution in [0.15, 0.2) is 83.8 Å². The highest BCUT2D eigenvalue weighted by Gasteiger charge is 2.35. The van der Waals surface area contributed by atoms with E-state index in [1.165, 1.54) is 12.0 Å². The Morgan fingerprint density at radius 2 is 1.72 bits per heavy atom. The second-order valence-electron chi connectivity index (χ2n) is 8.96. The van der Waals surface area contributed by atoms with Gasteiger partial charge in [-0.25, -0.2) is 0 Å². The van der Waals surface area contributed by atoms with Crippen molar-refractivity contribution in [2.24, 2.45) is 0 Å². The summed E-state index contributed by atoms with van der Waals surface area (Å²) in [5.41, 5.74) is 2.77. The smallest absolute Gasteiger partial charge is 0.293 e. The van der Waals surface area contributed by atoms with Gasteiger partial charge in [0.25, 0.3) is 11.1 Å². The molecule has 1 aliphatic heterocycles. The van der Waals surface area contributed by atoms with Crippen molar-refractivity contribution in [2.75, 3.05) is 20.3 Å². The minimum atomic E-state index is -0.371.